The number of nitrogens with zero attached hydrogens (tertiary/aromatic N) is 3. The smallest absolute Gasteiger partial charge is 0.273 e. The third kappa shape index (κ3) is 4.16. The molecule has 2 N–H and O–H groups in total. The molecule has 0 aliphatic rings. The fourth-order valence-corrected chi connectivity index (χ4v) is 1.49. The molecule has 0 aromatic carbocycles. The summed E-state index contributed by atoms with van der Waals surface area (Å²) in [4.78, 5) is 17.7. The topological polar surface area (TPSA) is 73.4 Å². The van der Waals surface area contributed by atoms with Crippen LogP contribution in [-0.4, -0.2) is 54.2 Å². The monoisotopic (exact) mass is 240 g/mol. The first-order valence-corrected chi connectivity index (χ1v) is 5.65. The number of hydrogen-bond donors (Lipinski definition) is 1. The Hall–Kier alpha value is -1.40. The Morgan fingerprint density at radius 1 is 1.65 bits per heavy atom. The van der Waals surface area contributed by atoms with Crippen molar-refractivity contribution in [3.63, 3.8) is 0 Å². The van der Waals surface area contributed by atoms with Gasteiger partial charge in [-0.05, 0) is 6.42 Å². The van der Waals surface area contributed by atoms with Crippen LogP contribution in [-0.2, 0) is 11.3 Å². The number of nitrogens with two attached hydrogens (primary N) is 1. The molecule has 0 fully saturated rings. The zero-order chi connectivity index (χ0) is 12.7. The van der Waals surface area contributed by atoms with E-state index >= 15 is 0 Å². The van der Waals surface area contributed by atoms with E-state index in [9.17, 15) is 4.79 Å². The van der Waals surface area contributed by atoms with Gasteiger partial charge in [0.25, 0.3) is 5.91 Å². The van der Waals surface area contributed by atoms with Crippen LogP contribution in [0, 0.1) is 0 Å². The van der Waals surface area contributed by atoms with Crippen molar-refractivity contribution in [3.05, 3.63) is 18.2 Å². The highest BCUT2D eigenvalue weighted by atomic mass is 16.5. The predicted molar refractivity (Wildman–Crippen MR) is 64.7 cm³/mol. The van der Waals surface area contributed by atoms with E-state index in [1.54, 1.807) is 31.6 Å². The second kappa shape index (κ2) is 7.03. The van der Waals surface area contributed by atoms with E-state index in [0.717, 1.165) is 6.42 Å². The standard InChI is InChI=1S/C11H20N4O2/c1-14(5-3-7-17-2)11(16)10-8-15(6-4-12)9-13-10/h8-9H,3-7,12H2,1-2H3. The zero-order valence-corrected chi connectivity index (χ0v) is 10.4. The summed E-state index contributed by atoms with van der Waals surface area (Å²) in [6, 6.07) is 0. The SMILES string of the molecule is COCCCN(C)C(=O)c1cn(CCN)cn1. The Morgan fingerprint density at radius 2 is 2.41 bits per heavy atom. The molecule has 1 rings (SSSR count). The van der Waals surface area contributed by atoms with Crippen molar-refractivity contribution in [2.24, 2.45) is 5.73 Å². The summed E-state index contributed by atoms with van der Waals surface area (Å²) in [5.41, 5.74) is 5.89. The predicted octanol–water partition coefficient (Wildman–Crippen LogP) is -0.0497. The second-order valence-electron chi connectivity index (χ2n) is 3.86. The summed E-state index contributed by atoms with van der Waals surface area (Å²) in [6.45, 7) is 2.52. The first-order valence-electron chi connectivity index (χ1n) is 5.65. The van der Waals surface area contributed by atoms with E-state index < -0.39 is 0 Å². The van der Waals surface area contributed by atoms with Gasteiger partial charge < -0.3 is 19.9 Å². The second-order valence-corrected chi connectivity index (χ2v) is 3.86. The van der Waals surface area contributed by atoms with E-state index in [4.69, 9.17) is 10.5 Å². The summed E-state index contributed by atoms with van der Waals surface area (Å²) >= 11 is 0. The van der Waals surface area contributed by atoms with Crippen LogP contribution in [0.2, 0.25) is 0 Å². The maximum atomic E-state index is 11.9. The van der Waals surface area contributed by atoms with Gasteiger partial charge in [0.15, 0.2) is 0 Å². The minimum absolute atomic E-state index is 0.0723. The van der Waals surface area contributed by atoms with Gasteiger partial charge in [0, 0.05) is 46.6 Å². The zero-order valence-electron chi connectivity index (χ0n) is 10.4. The lowest BCUT2D eigenvalue weighted by molar-refractivity contribution is 0.0774. The maximum Gasteiger partial charge on any atom is 0.273 e. The van der Waals surface area contributed by atoms with Crippen molar-refractivity contribution in [2.75, 3.05) is 33.9 Å². The van der Waals surface area contributed by atoms with Crippen LogP contribution in [0.25, 0.3) is 0 Å². The average Bonchev–Trinajstić information content (AvgIpc) is 2.77. The molecule has 1 amide bonds. The lowest BCUT2D eigenvalue weighted by Crippen LogP contribution is -2.28. The Kier molecular flexibility index (Phi) is 5.65. The highest BCUT2D eigenvalue weighted by Crippen LogP contribution is 2.01. The van der Waals surface area contributed by atoms with Crippen LogP contribution >= 0.6 is 0 Å². The number of hydrogen-bond acceptors (Lipinski definition) is 4. The van der Waals surface area contributed by atoms with Gasteiger partial charge in [-0.3, -0.25) is 4.79 Å². The molecule has 6 heteroatoms. The first kappa shape index (κ1) is 13.7. The molecule has 17 heavy (non-hydrogen) atoms. The van der Waals surface area contributed by atoms with Crippen molar-refractivity contribution in [1.29, 1.82) is 0 Å². The van der Waals surface area contributed by atoms with Crippen LogP contribution < -0.4 is 5.73 Å². The Morgan fingerprint density at radius 3 is 3.06 bits per heavy atom. The molecule has 0 aliphatic heterocycles. The molecule has 0 bridgehead atoms. The van der Waals surface area contributed by atoms with Gasteiger partial charge in [0.2, 0.25) is 0 Å². The van der Waals surface area contributed by atoms with Gasteiger partial charge in [0.1, 0.15) is 5.69 Å². The molecule has 1 aromatic rings. The molecular weight excluding hydrogens is 220 g/mol. The maximum absolute atomic E-state index is 11.9. The largest absolute Gasteiger partial charge is 0.385 e. The number of ether oxygens (including phenoxy) is 1. The fourth-order valence-electron chi connectivity index (χ4n) is 1.49. The molecule has 0 saturated heterocycles. The summed E-state index contributed by atoms with van der Waals surface area (Å²) in [7, 11) is 3.41. The van der Waals surface area contributed by atoms with Gasteiger partial charge in [-0.1, -0.05) is 0 Å². The van der Waals surface area contributed by atoms with Crippen molar-refractivity contribution >= 4 is 5.91 Å². The lowest BCUT2D eigenvalue weighted by Gasteiger charge is -2.15. The number of carbonyl (C=O) groups is 1. The van der Waals surface area contributed by atoms with Crippen LogP contribution in [0.3, 0.4) is 0 Å². The van der Waals surface area contributed by atoms with E-state index in [2.05, 4.69) is 4.98 Å². The fraction of sp³-hybridized carbons (Fsp3) is 0.636. The molecule has 0 aliphatic carbocycles. The van der Waals surface area contributed by atoms with Crippen molar-refractivity contribution in [3.8, 4) is 0 Å². The van der Waals surface area contributed by atoms with E-state index in [1.165, 1.54) is 0 Å². The van der Waals surface area contributed by atoms with Gasteiger partial charge in [0.05, 0.1) is 6.33 Å². The normalized spacial score (nSPS) is 10.5. The highest BCUT2D eigenvalue weighted by Gasteiger charge is 2.13. The molecular formula is C11H20N4O2. The Labute approximate surface area is 101 Å². The van der Waals surface area contributed by atoms with E-state index in [-0.39, 0.29) is 5.91 Å². The van der Waals surface area contributed by atoms with Crippen molar-refractivity contribution in [1.82, 2.24) is 14.5 Å². The molecule has 0 saturated carbocycles. The molecule has 1 aromatic heterocycles. The van der Waals surface area contributed by atoms with Crippen LogP contribution in [0.5, 0.6) is 0 Å². The lowest BCUT2D eigenvalue weighted by atomic mass is 10.3. The van der Waals surface area contributed by atoms with Gasteiger partial charge in [-0.15, -0.1) is 0 Å². The van der Waals surface area contributed by atoms with Crippen molar-refractivity contribution in [2.45, 2.75) is 13.0 Å². The molecule has 0 atom stereocenters. The minimum Gasteiger partial charge on any atom is -0.385 e. The quantitative estimate of drug-likeness (QED) is 0.678. The number of methoxy groups -OCH3 is 1. The molecule has 0 radical (unpaired) electrons. The van der Waals surface area contributed by atoms with Crippen LogP contribution in [0.15, 0.2) is 12.5 Å². The molecule has 6 nitrogen and oxygen atoms in total. The summed E-state index contributed by atoms with van der Waals surface area (Å²) in [5.74, 6) is -0.0723. The third-order valence-corrected chi connectivity index (χ3v) is 2.43. The third-order valence-electron chi connectivity index (χ3n) is 2.43. The summed E-state index contributed by atoms with van der Waals surface area (Å²) in [6.07, 6.45) is 4.17. The van der Waals surface area contributed by atoms with Crippen LogP contribution in [0.4, 0.5) is 0 Å². The van der Waals surface area contributed by atoms with Gasteiger partial charge >= 0.3 is 0 Å². The Balaban J connectivity index is 2.49. The number of amides is 1. The van der Waals surface area contributed by atoms with Gasteiger partial charge in [-0.25, -0.2) is 4.98 Å². The number of rotatable bonds is 7. The molecule has 1 heterocycles. The number of imidazole rings is 1. The molecule has 96 valence electrons. The van der Waals surface area contributed by atoms with Crippen LogP contribution in [0.1, 0.15) is 16.9 Å². The average molecular weight is 240 g/mol. The molecule has 0 spiro atoms. The van der Waals surface area contributed by atoms with Crippen molar-refractivity contribution < 1.29 is 9.53 Å². The molecule has 0 unspecified atom stereocenters. The minimum atomic E-state index is -0.0723. The number of carbonyl (C=O) groups excluding carboxylic acids is 1. The summed E-state index contributed by atoms with van der Waals surface area (Å²) < 4.78 is 6.76. The van der Waals surface area contributed by atoms with E-state index in [0.29, 0.717) is 31.9 Å². The highest BCUT2D eigenvalue weighted by molar-refractivity contribution is 5.91. The van der Waals surface area contributed by atoms with E-state index in [1.807, 2.05) is 4.57 Å². The van der Waals surface area contributed by atoms with Gasteiger partial charge in [-0.2, -0.15) is 0 Å². The number of aromatic nitrogens is 2. The first-order chi connectivity index (χ1) is 8.19. The Bertz CT molecular complexity index is 351. The summed E-state index contributed by atoms with van der Waals surface area (Å²) in [5, 5.41) is 0.